The third-order valence-corrected chi connectivity index (χ3v) is 5.47. The van der Waals surface area contributed by atoms with Crippen LogP contribution in [0.5, 0.6) is 0 Å². The molecule has 1 aromatic carbocycles. The fourth-order valence-corrected chi connectivity index (χ4v) is 3.84. The summed E-state index contributed by atoms with van der Waals surface area (Å²) in [5.41, 5.74) is 1.95. The Hall–Kier alpha value is -2.98. The molecule has 0 radical (unpaired) electrons. The van der Waals surface area contributed by atoms with Gasteiger partial charge in [0.25, 0.3) is 5.91 Å². The van der Waals surface area contributed by atoms with Gasteiger partial charge in [0.1, 0.15) is 10.7 Å². The highest BCUT2D eigenvalue weighted by Gasteiger charge is 2.32. The number of anilines is 1. The minimum atomic E-state index is -0.641. The van der Waals surface area contributed by atoms with Gasteiger partial charge in [-0.2, -0.15) is 10.1 Å². The summed E-state index contributed by atoms with van der Waals surface area (Å²) < 4.78 is 5.34. The number of nitro groups is 1. The van der Waals surface area contributed by atoms with Gasteiger partial charge in [-0.05, 0) is 49.8 Å². The molecule has 1 aliphatic rings. The molecule has 10 heteroatoms. The van der Waals surface area contributed by atoms with Gasteiger partial charge >= 0.3 is 5.88 Å². The van der Waals surface area contributed by atoms with Crippen LogP contribution in [0.4, 0.5) is 11.6 Å². The number of benzene rings is 1. The van der Waals surface area contributed by atoms with Crippen LogP contribution >= 0.6 is 24.0 Å². The smallest absolute Gasteiger partial charge is 0.401 e. The van der Waals surface area contributed by atoms with E-state index in [1.807, 2.05) is 24.3 Å². The minimum Gasteiger partial charge on any atom is -0.401 e. The molecule has 1 saturated heterocycles. The van der Waals surface area contributed by atoms with Gasteiger partial charge in [0.15, 0.2) is 4.32 Å². The second-order valence-electron chi connectivity index (χ2n) is 5.94. The number of hydrogen-bond donors (Lipinski definition) is 0. The van der Waals surface area contributed by atoms with Crippen LogP contribution in [0.2, 0.25) is 0 Å². The lowest BCUT2D eigenvalue weighted by Gasteiger charge is -2.20. The summed E-state index contributed by atoms with van der Waals surface area (Å²) in [6, 6.07) is 10.5. The van der Waals surface area contributed by atoms with Crippen LogP contribution in [-0.2, 0) is 4.79 Å². The first-order valence-corrected chi connectivity index (χ1v) is 10.1. The molecule has 29 heavy (non-hydrogen) atoms. The van der Waals surface area contributed by atoms with Crippen molar-refractivity contribution in [1.29, 1.82) is 0 Å². The van der Waals surface area contributed by atoms with Crippen LogP contribution in [0.25, 0.3) is 6.08 Å². The summed E-state index contributed by atoms with van der Waals surface area (Å²) >= 11 is 6.29. The molecule has 1 aliphatic heterocycles. The molecule has 3 rings (SSSR count). The predicted molar refractivity (Wildman–Crippen MR) is 118 cm³/mol. The van der Waals surface area contributed by atoms with Gasteiger partial charge in [-0.1, -0.05) is 23.9 Å². The Bertz CT molecular complexity index is 994. The molecule has 0 atom stereocenters. The van der Waals surface area contributed by atoms with Crippen molar-refractivity contribution in [2.45, 2.75) is 13.8 Å². The summed E-state index contributed by atoms with van der Waals surface area (Å²) in [6.45, 7) is 6.04. The molecule has 8 nitrogen and oxygen atoms in total. The van der Waals surface area contributed by atoms with Crippen molar-refractivity contribution in [3.05, 3.63) is 62.7 Å². The zero-order valence-electron chi connectivity index (χ0n) is 15.8. The average Bonchev–Trinajstić information content (AvgIpc) is 3.28. The number of furan rings is 1. The van der Waals surface area contributed by atoms with E-state index in [0.717, 1.165) is 41.1 Å². The molecule has 2 heterocycles. The first-order chi connectivity index (χ1) is 13.9. The van der Waals surface area contributed by atoms with Gasteiger partial charge in [-0.3, -0.25) is 14.9 Å². The topological polar surface area (TPSA) is 92.2 Å². The number of amides is 1. The zero-order chi connectivity index (χ0) is 21.0. The second-order valence-corrected chi connectivity index (χ2v) is 7.61. The third-order valence-electron chi connectivity index (χ3n) is 4.18. The molecule has 0 aliphatic carbocycles. The molecule has 0 saturated carbocycles. The normalized spacial score (nSPS) is 15.7. The van der Waals surface area contributed by atoms with E-state index in [1.165, 1.54) is 18.2 Å². The van der Waals surface area contributed by atoms with Gasteiger partial charge in [0, 0.05) is 24.9 Å². The van der Waals surface area contributed by atoms with Crippen LogP contribution in [0.3, 0.4) is 0 Å². The number of rotatable bonds is 7. The summed E-state index contributed by atoms with van der Waals surface area (Å²) in [7, 11) is 0. The number of nitrogens with zero attached hydrogens (tertiary/aromatic N) is 4. The number of carbonyl (C=O) groups is 1. The van der Waals surface area contributed by atoms with Gasteiger partial charge in [0.05, 0.1) is 17.2 Å². The first-order valence-electron chi connectivity index (χ1n) is 8.84. The van der Waals surface area contributed by atoms with E-state index in [9.17, 15) is 14.9 Å². The van der Waals surface area contributed by atoms with Crippen molar-refractivity contribution in [3.8, 4) is 0 Å². The Balaban J connectivity index is 1.72. The van der Waals surface area contributed by atoms with Crippen LogP contribution in [-0.4, -0.2) is 39.5 Å². The molecular formula is C19H18N4O4S2. The SMILES string of the molecule is CCN(CC)c1ccc(/C=N/N2C(=O)/C(=C\c3ccc([N+](=O)[O-])o3)SC2=S)cc1. The molecule has 1 amide bonds. The molecule has 150 valence electrons. The monoisotopic (exact) mass is 430 g/mol. The highest BCUT2D eigenvalue weighted by atomic mass is 32.2. The van der Waals surface area contributed by atoms with Gasteiger partial charge in [-0.25, -0.2) is 0 Å². The van der Waals surface area contributed by atoms with Crippen molar-refractivity contribution in [3.63, 3.8) is 0 Å². The highest BCUT2D eigenvalue weighted by molar-refractivity contribution is 8.26. The lowest BCUT2D eigenvalue weighted by molar-refractivity contribution is -0.402. The van der Waals surface area contributed by atoms with E-state index in [1.54, 1.807) is 6.21 Å². The molecular weight excluding hydrogens is 412 g/mol. The van der Waals surface area contributed by atoms with Gasteiger partial charge in [-0.15, -0.1) is 0 Å². The quantitative estimate of drug-likeness (QED) is 0.213. The number of thioether (sulfide) groups is 1. The molecule has 0 N–H and O–H groups in total. The summed E-state index contributed by atoms with van der Waals surface area (Å²) in [5, 5.41) is 16.0. The van der Waals surface area contributed by atoms with E-state index in [0.29, 0.717) is 0 Å². The van der Waals surface area contributed by atoms with Gasteiger partial charge < -0.3 is 9.32 Å². The standard InChI is InChI=1S/C19H18N4O4S2/c1-3-21(4-2)14-7-5-13(6-8-14)12-20-22-18(24)16(29-19(22)28)11-15-9-10-17(27-15)23(25)26/h5-12H,3-4H2,1-2H3/b16-11+,20-12+. The molecule has 0 bridgehead atoms. The van der Waals surface area contributed by atoms with Crippen LogP contribution in [0, 0.1) is 10.1 Å². The molecule has 1 aromatic heterocycles. The zero-order valence-corrected chi connectivity index (χ0v) is 17.4. The van der Waals surface area contributed by atoms with E-state index < -0.39 is 16.7 Å². The largest absolute Gasteiger partial charge is 0.433 e. The Morgan fingerprint density at radius 3 is 2.52 bits per heavy atom. The lowest BCUT2D eigenvalue weighted by atomic mass is 10.2. The maximum Gasteiger partial charge on any atom is 0.433 e. The number of carbonyl (C=O) groups excluding carboxylic acids is 1. The van der Waals surface area contributed by atoms with Crippen LogP contribution < -0.4 is 4.90 Å². The highest BCUT2D eigenvalue weighted by Crippen LogP contribution is 2.33. The second kappa shape index (κ2) is 9.01. The molecule has 1 fully saturated rings. The van der Waals surface area contributed by atoms with Crippen molar-refractivity contribution < 1.29 is 14.1 Å². The van der Waals surface area contributed by atoms with E-state index in [-0.39, 0.29) is 15.0 Å². The molecule has 2 aromatic rings. The number of hydrogen-bond acceptors (Lipinski definition) is 8. The van der Waals surface area contributed by atoms with Crippen molar-refractivity contribution in [2.75, 3.05) is 18.0 Å². The fraction of sp³-hybridized carbons (Fsp3) is 0.211. The summed E-state index contributed by atoms with van der Waals surface area (Å²) in [6.07, 6.45) is 2.98. The third kappa shape index (κ3) is 4.72. The van der Waals surface area contributed by atoms with E-state index in [2.05, 4.69) is 23.8 Å². The summed E-state index contributed by atoms with van der Waals surface area (Å²) in [4.78, 5) is 25.1. The van der Waals surface area contributed by atoms with Crippen molar-refractivity contribution in [1.82, 2.24) is 5.01 Å². The number of thiocarbonyl (C=S) groups is 1. The fourth-order valence-electron chi connectivity index (χ4n) is 2.69. The maximum absolute atomic E-state index is 12.6. The van der Waals surface area contributed by atoms with Gasteiger partial charge in [0.2, 0.25) is 0 Å². The first kappa shape index (κ1) is 20.7. The van der Waals surface area contributed by atoms with Crippen LogP contribution in [0.15, 0.2) is 50.8 Å². The van der Waals surface area contributed by atoms with Crippen molar-refractivity contribution in [2.24, 2.45) is 5.10 Å². The Morgan fingerprint density at radius 2 is 1.93 bits per heavy atom. The lowest BCUT2D eigenvalue weighted by Crippen LogP contribution is -2.22. The Labute approximate surface area is 177 Å². The number of hydrazone groups is 1. The maximum atomic E-state index is 12.6. The predicted octanol–water partition coefficient (Wildman–Crippen LogP) is 4.27. The Kier molecular flexibility index (Phi) is 6.45. The minimum absolute atomic E-state index is 0.202. The average molecular weight is 431 g/mol. The van der Waals surface area contributed by atoms with Crippen molar-refractivity contribution >= 4 is 58.1 Å². The summed E-state index contributed by atoms with van der Waals surface area (Å²) in [5.74, 6) is -0.596. The molecule has 0 spiro atoms. The van der Waals surface area contributed by atoms with E-state index in [4.69, 9.17) is 16.6 Å². The Morgan fingerprint density at radius 1 is 1.24 bits per heavy atom. The van der Waals surface area contributed by atoms with Crippen LogP contribution in [0.1, 0.15) is 25.2 Å². The van der Waals surface area contributed by atoms with E-state index >= 15 is 0 Å². The molecule has 0 unspecified atom stereocenters.